The molecule has 2 aromatic heterocycles. The van der Waals surface area contributed by atoms with Crippen LogP contribution in [0.2, 0.25) is 0 Å². The predicted molar refractivity (Wildman–Crippen MR) is 269 cm³/mol. The Kier molecular flexibility index (Phi) is 19.3. The van der Waals surface area contributed by atoms with Crippen LogP contribution in [-0.4, -0.2) is 34.0 Å². The molecule has 7 rings (SSSR count). The second kappa shape index (κ2) is 25.0. The Labute approximate surface area is 410 Å². The molecule has 0 bridgehead atoms. The van der Waals surface area contributed by atoms with Gasteiger partial charge in [0.25, 0.3) is 5.56 Å². The molecule has 0 amide bonds. The Morgan fingerprint density at radius 2 is 1.01 bits per heavy atom. The quantitative estimate of drug-likeness (QED) is 0.0678. The maximum absolute atomic E-state index is 13.1. The van der Waals surface area contributed by atoms with Crippen molar-refractivity contribution in [2.45, 2.75) is 84.4 Å². The van der Waals surface area contributed by atoms with Crippen LogP contribution in [0.25, 0.3) is 22.4 Å². The Morgan fingerprint density at radius 1 is 0.552 bits per heavy atom. The van der Waals surface area contributed by atoms with Crippen LogP contribution in [0.4, 0.5) is 11.4 Å². The van der Waals surface area contributed by atoms with E-state index >= 15 is 0 Å². The van der Waals surface area contributed by atoms with Gasteiger partial charge in [-0.3, -0.25) is 14.6 Å². The average Bonchev–Trinajstić information content (AvgIpc) is 3.33. The fourth-order valence-corrected chi connectivity index (χ4v) is 7.83. The van der Waals surface area contributed by atoms with Gasteiger partial charge < -0.3 is 4.98 Å². The van der Waals surface area contributed by atoms with Crippen LogP contribution in [0, 0.1) is 0 Å². The van der Waals surface area contributed by atoms with Crippen molar-refractivity contribution < 1.29 is 41.1 Å². The van der Waals surface area contributed by atoms with Crippen LogP contribution < -0.4 is 15.7 Å². The van der Waals surface area contributed by atoms with E-state index < -0.39 is 11.3 Å². The number of Topliss-reactive ketones (excluding diaryl/α,β-unsaturated/α-hetero) is 2. The summed E-state index contributed by atoms with van der Waals surface area (Å²) in [5, 5.41) is 0.702. The molecule has 351 valence electrons. The van der Waals surface area contributed by atoms with Crippen molar-refractivity contribution in [3.05, 3.63) is 205 Å². The number of para-hydroxylation sites is 2. The molecule has 0 aliphatic carbocycles. The van der Waals surface area contributed by atoms with Gasteiger partial charge in [0.2, 0.25) is 5.78 Å². The number of hydrogen-bond acceptors (Lipinski definition) is 6. The van der Waals surface area contributed by atoms with Crippen LogP contribution in [0.3, 0.4) is 0 Å². The molecule has 67 heavy (non-hydrogen) atoms. The van der Waals surface area contributed by atoms with E-state index in [9.17, 15) is 19.2 Å². The molecule has 0 spiro atoms. The summed E-state index contributed by atoms with van der Waals surface area (Å²) in [6.07, 6.45) is 4.06. The van der Waals surface area contributed by atoms with Gasteiger partial charge >= 0.3 is 242 Å². The Balaban J connectivity index is 0.000000215. The second-order valence-corrected chi connectivity index (χ2v) is 17.9. The zero-order valence-electron chi connectivity index (χ0n) is 39.2. The van der Waals surface area contributed by atoms with Crippen LogP contribution in [0.15, 0.2) is 165 Å². The van der Waals surface area contributed by atoms with Gasteiger partial charge in [0.05, 0.1) is 17.5 Å². The third-order valence-corrected chi connectivity index (χ3v) is 11.7. The fourth-order valence-electron chi connectivity index (χ4n) is 7.31. The zero-order valence-corrected chi connectivity index (χ0v) is 41.1. The molecule has 0 fully saturated rings. The minimum atomic E-state index is -0.413. The monoisotopic (exact) mass is 983 g/mol. The molecule has 0 unspecified atom stereocenters. The number of nitrogens with zero attached hydrogens (tertiary/aromatic N) is 2. The summed E-state index contributed by atoms with van der Waals surface area (Å²) in [4.78, 5) is 65.4. The summed E-state index contributed by atoms with van der Waals surface area (Å²) in [6, 6.07) is 43.9. The van der Waals surface area contributed by atoms with Crippen LogP contribution in [-0.2, 0) is 36.8 Å². The summed E-state index contributed by atoms with van der Waals surface area (Å²) in [7, 11) is 0. The number of hydrogen-bond donors (Lipinski definition) is 2. The van der Waals surface area contributed by atoms with Gasteiger partial charge in [0.15, 0.2) is 0 Å². The number of nitrogens with one attached hydrogen (secondary N) is 2. The van der Waals surface area contributed by atoms with E-state index in [0.717, 1.165) is 39.2 Å². The summed E-state index contributed by atoms with van der Waals surface area (Å²) in [6.45, 7) is 16.8. The maximum atomic E-state index is 13.1. The summed E-state index contributed by atoms with van der Waals surface area (Å²) < 4.78 is 0.562. The second-order valence-electron chi connectivity index (χ2n) is 17.0. The number of H-pyrrole nitrogens is 2. The molecule has 8 nitrogen and oxygen atoms in total. The van der Waals surface area contributed by atoms with Gasteiger partial charge in [-0.15, -0.1) is 0 Å². The molecule has 0 aliphatic rings. The van der Waals surface area contributed by atoms with Gasteiger partial charge in [-0.2, -0.15) is 0 Å². The number of carbonyl (C=O) groups excluding carboxylic acids is 2. The zero-order chi connectivity index (χ0) is 48.6. The van der Waals surface area contributed by atoms with E-state index in [1.54, 1.807) is 36.4 Å². The van der Waals surface area contributed by atoms with Crippen molar-refractivity contribution in [2.24, 2.45) is 9.98 Å². The van der Waals surface area contributed by atoms with Gasteiger partial charge in [0, 0.05) is 5.69 Å². The van der Waals surface area contributed by atoms with E-state index in [2.05, 4.69) is 75.3 Å². The van der Waals surface area contributed by atoms with Crippen molar-refractivity contribution in [1.82, 2.24) is 9.97 Å². The normalized spacial score (nSPS) is 11.3. The van der Waals surface area contributed by atoms with Crippen LogP contribution >= 0.6 is 0 Å². The first-order valence-electron chi connectivity index (χ1n) is 22.3. The number of rotatable bonds is 13. The molecule has 0 saturated carbocycles. The Hall–Kier alpha value is -6.31. The van der Waals surface area contributed by atoms with Crippen molar-refractivity contribution >= 4 is 39.9 Å². The van der Waals surface area contributed by atoms with Crippen molar-refractivity contribution in [1.29, 1.82) is 0 Å². The van der Waals surface area contributed by atoms with E-state index in [1.165, 1.54) is 24.2 Å². The van der Waals surface area contributed by atoms with Gasteiger partial charge in [-0.05, 0) is 40.7 Å². The van der Waals surface area contributed by atoms with E-state index in [4.69, 9.17) is 31.5 Å². The number of pyridine rings is 2. The first kappa shape index (κ1) is 51.7. The molecule has 0 aliphatic heterocycles. The number of aliphatic imine (C=N–C) groups is 2. The van der Waals surface area contributed by atoms with E-state index in [1.807, 2.05) is 103 Å². The number of benzene rings is 5. The first-order chi connectivity index (χ1) is 32.1. The predicted octanol–water partition coefficient (Wildman–Crippen LogP) is 12.7. The number of aromatic amines is 2. The third kappa shape index (κ3) is 13.9. The van der Waals surface area contributed by atoms with E-state index in [0.29, 0.717) is 26.7 Å². The Bertz CT molecular complexity index is 2900. The minimum absolute atomic E-state index is 0.0848. The molecule has 5 aromatic carbocycles. The fraction of sp³-hybridized carbons (Fsp3) is 0.228. The summed E-state index contributed by atoms with van der Waals surface area (Å²) in [5.74, 6) is 0.380. The van der Waals surface area contributed by atoms with Crippen molar-refractivity contribution in [3.8, 4) is 22.4 Å². The average molecular weight is 985 g/mol. The van der Waals surface area contributed by atoms with Gasteiger partial charge in [-0.1, -0.05) is 76.2 Å². The topological polar surface area (TPSA) is 125 Å². The number of carbonyl (C=O) groups is 2. The summed E-state index contributed by atoms with van der Waals surface area (Å²) in [5.41, 5.74) is 9.30. The molecular formula is C57H58CuN4NiO4. The van der Waals surface area contributed by atoms with Crippen LogP contribution in [0.1, 0.15) is 128 Å². The molecule has 0 radical (unpaired) electrons. The standard InChI is InChI=1S/C25H25N2O2.C25H26N2O2.C7H7.Cu.Ni/c1-16(2)19-11-8-12-20(17(3)4)24(19)27-15-22(28)21-13-14-26-25(29)23(21)18-9-6-5-7-10-18;1-16(2)19-11-8-12-20(17(3)4)24(19)26-15-23(28)21-13-14-22(27-25(21)29)18-9-6-5-7-10-18;1-7-5-3-2-4-6-7;;/h5-9,11-17H,1-4H3,(H,26,29);5-17H,1-4H3,(H,27,29);2-6H,1H2;;. The van der Waals surface area contributed by atoms with Crippen LogP contribution in [0.5, 0.6) is 0 Å². The van der Waals surface area contributed by atoms with Crippen molar-refractivity contribution in [3.63, 3.8) is 0 Å². The molecule has 7 aromatic rings. The van der Waals surface area contributed by atoms with E-state index in [-0.39, 0.29) is 46.1 Å². The SMILES string of the molecule is CC(C)c1cccc(C(C)C)c1N=CC(=O)c1cc[nH]c(=O)c1-c1cccc[c]1[Ni].CC(C)c1cccc(C(C)C)c1N=CC(=O)c1ccc(-c2ccccc2)[nH]c1=O.[Cu][CH2]c1ccccc1. The van der Waals surface area contributed by atoms with Gasteiger partial charge in [0.1, 0.15) is 0 Å². The molecule has 0 atom stereocenters. The number of aromatic nitrogens is 2. The summed E-state index contributed by atoms with van der Waals surface area (Å²) >= 11 is 9.98. The molecule has 2 heterocycles. The van der Waals surface area contributed by atoms with Crippen molar-refractivity contribution in [2.75, 3.05) is 0 Å². The van der Waals surface area contributed by atoms with Gasteiger partial charge in [-0.25, -0.2) is 0 Å². The Morgan fingerprint density at radius 3 is 1.46 bits per heavy atom. The number of ketones is 2. The molecule has 2 N–H and O–H groups in total. The molecular weight excluding hydrogens is 927 g/mol. The first-order valence-corrected chi connectivity index (χ1v) is 23.5. The third-order valence-electron chi connectivity index (χ3n) is 10.9. The molecule has 0 saturated heterocycles. The molecule has 10 heteroatoms.